The number of fused-ring (bicyclic) bond motifs is 1. The lowest BCUT2D eigenvalue weighted by Crippen LogP contribution is -2.47. The van der Waals surface area contributed by atoms with Gasteiger partial charge in [-0.1, -0.05) is 18.2 Å². The Kier molecular flexibility index (Phi) is 6.24. The number of hydrogen-bond donors (Lipinski definition) is 3. The van der Waals surface area contributed by atoms with Gasteiger partial charge in [-0.25, -0.2) is 4.98 Å². The van der Waals surface area contributed by atoms with Crippen LogP contribution in [0.3, 0.4) is 0 Å². The highest BCUT2D eigenvalue weighted by atomic mass is 16.6. The van der Waals surface area contributed by atoms with Crippen molar-refractivity contribution in [3.8, 4) is 0 Å². The molecule has 3 aromatic rings. The summed E-state index contributed by atoms with van der Waals surface area (Å²) in [5.41, 5.74) is 5.09. The third-order valence-corrected chi connectivity index (χ3v) is 4.54. The maximum Gasteiger partial charge on any atom is 0.270 e. The van der Waals surface area contributed by atoms with Gasteiger partial charge in [0.1, 0.15) is 6.04 Å². The molecule has 3 rings (SSSR count). The molecule has 11 heteroatoms. The summed E-state index contributed by atoms with van der Waals surface area (Å²) in [4.78, 5) is 51.9. The lowest BCUT2D eigenvalue weighted by molar-refractivity contribution is -0.384. The minimum atomic E-state index is -0.971. The monoisotopic (exact) mass is 424 g/mol. The molecule has 0 radical (unpaired) electrons. The zero-order valence-corrected chi connectivity index (χ0v) is 16.8. The number of hydrogen-bond acceptors (Lipinski definition) is 7. The summed E-state index contributed by atoms with van der Waals surface area (Å²) >= 11 is 0. The number of anilines is 1. The van der Waals surface area contributed by atoms with Crippen LogP contribution in [-0.2, 0) is 11.3 Å². The number of nitro groups is 1. The minimum Gasteiger partial charge on any atom is -0.340 e. The normalized spacial score (nSPS) is 11.5. The Bertz CT molecular complexity index is 1220. The Morgan fingerprint density at radius 2 is 1.94 bits per heavy atom. The number of nitrogens with one attached hydrogen (secondary N) is 3. The SMILES string of the molecule is CCn1c(NNC(=O)[C@H](C)NC(=O)c2cccc([N+](=O)[O-])c2)nc2ccccc2c1=O. The molecule has 31 heavy (non-hydrogen) atoms. The van der Waals surface area contributed by atoms with E-state index in [4.69, 9.17) is 0 Å². The third kappa shape index (κ3) is 4.66. The van der Waals surface area contributed by atoms with Crippen LogP contribution in [0.2, 0.25) is 0 Å². The molecule has 1 heterocycles. The lowest BCUT2D eigenvalue weighted by atomic mass is 10.2. The van der Waals surface area contributed by atoms with Crippen LogP contribution in [0, 0.1) is 10.1 Å². The van der Waals surface area contributed by atoms with E-state index in [1.165, 1.54) is 29.7 Å². The Labute approximate surface area is 176 Å². The number of para-hydroxylation sites is 1. The molecule has 0 aliphatic carbocycles. The highest BCUT2D eigenvalue weighted by Crippen LogP contribution is 2.13. The van der Waals surface area contributed by atoms with E-state index in [2.05, 4.69) is 21.2 Å². The van der Waals surface area contributed by atoms with Gasteiger partial charge in [0.25, 0.3) is 23.1 Å². The van der Waals surface area contributed by atoms with Crippen LogP contribution in [0.25, 0.3) is 10.9 Å². The quantitative estimate of drug-likeness (QED) is 0.385. The maximum atomic E-state index is 12.6. The molecule has 0 spiro atoms. The molecule has 0 aliphatic rings. The van der Waals surface area contributed by atoms with Gasteiger partial charge in [-0.05, 0) is 32.0 Å². The van der Waals surface area contributed by atoms with Crippen molar-refractivity contribution in [2.75, 3.05) is 5.43 Å². The van der Waals surface area contributed by atoms with E-state index in [0.717, 1.165) is 6.07 Å². The van der Waals surface area contributed by atoms with Gasteiger partial charge in [-0.2, -0.15) is 0 Å². The van der Waals surface area contributed by atoms with Crippen molar-refractivity contribution in [2.24, 2.45) is 0 Å². The molecule has 0 bridgehead atoms. The Morgan fingerprint density at radius 3 is 2.65 bits per heavy atom. The second-order valence-electron chi connectivity index (χ2n) is 6.62. The number of nitrogens with zero attached hydrogens (tertiary/aromatic N) is 3. The summed E-state index contributed by atoms with van der Waals surface area (Å²) in [7, 11) is 0. The van der Waals surface area contributed by atoms with Crippen LogP contribution in [0.1, 0.15) is 24.2 Å². The van der Waals surface area contributed by atoms with Gasteiger partial charge in [-0.3, -0.25) is 39.9 Å². The van der Waals surface area contributed by atoms with E-state index in [9.17, 15) is 24.5 Å². The van der Waals surface area contributed by atoms with E-state index < -0.39 is 22.8 Å². The second-order valence-corrected chi connectivity index (χ2v) is 6.62. The molecule has 0 fully saturated rings. The standard InChI is InChI=1S/C20H20N6O5/c1-3-25-19(29)15-9-4-5-10-16(15)22-20(25)24-23-17(27)12(2)21-18(28)13-7-6-8-14(11-13)26(30)31/h4-12H,3H2,1-2H3,(H,21,28)(H,22,24)(H,23,27)/t12-/m0/s1. The number of nitro benzene ring substituents is 1. The molecule has 3 N–H and O–H groups in total. The molecule has 2 aromatic carbocycles. The van der Waals surface area contributed by atoms with Gasteiger partial charge in [-0.15, -0.1) is 0 Å². The van der Waals surface area contributed by atoms with Crippen LogP contribution in [0.4, 0.5) is 11.6 Å². The summed E-state index contributed by atoms with van der Waals surface area (Å²) in [6.45, 7) is 3.55. The Hall–Kier alpha value is -4.28. The molecular weight excluding hydrogens is 404 g/mol. The van der Waals surface area contributed by atoms with Crippen LogP contribution in [0.5, 0.6) is 0 Å². The van der Waals surface area contributed by atoms with Gasteiger partial charge in [0.15, 0.2) is 0 Å². The first-order valence-corrected chi connectivity index (χ1v) is 9.42. The van der Waals surface area contributed by atoms with Gasteiger partial charge >= 0.3 is 0 Å². The number of non-ortho nitro benzene ring substituents is 1. The highest BCUT2D eigenvalue weighted by Gasteiger charge is 2.19. The summed E-state index contributed by atoms with van der Waals surface area (Å²) in [6, 6.07) is 11.1. The van der Waals surface area contributed by atoms with Crippen LogP contribution >= 0.6 is 0 Å². The first-order valence-electron chi connectivity index (χ1n) is 9.42. The summed E-state index contributed by atoms with van der Waals surface area (Å²) in [6.07, 6.45) is 0. The number of benzene rings is 2. The molecule has 0 unspecified atom stereocenters. The van der Waals surface area contributed by atoms with Crippen molar-refractivity contribution in [1.29, 1.82) is 0 Å². The topological polar surface area (TPSA) is 148 Å². The van der Waals surface area contributed by atoms with E-state index >= 15 is 0 Å². The third-order valence-electron chi connectivity index (χ3n) is 4.54. The van der Waals surface area contributed by atoms with Crippen molar-refractivity contribution < 1.29 is 14.5 Å². The van der Waals surface area contributed by atoms with Crippen molar-refractivity contribution in [1.82, 2.24) is 20.3 Å². The largest absolute Gasteiger partial charge is 0.340 e. The highest BCUT2D eigenvalue weighted by molar-refractivity contribution is 5.98. The predicted molar refractivity (Wildman–Crippen MR) is 113 cm³/mol. The summed E-state index contributed by atoms with van der Waals surface area (Å²) in [5.74, 6) is -1.08. The lowest BCUT2D eigenvalue weighted by Gasteiger charge is -2.17. The number of carbonyl (C=O) groups excluding carboxylic acids is 2. The fraction of sp³-hybridized carbons (Fsp3) is 0.200. The molecule has 0 aliphatic heterocycles. The molecular formula is C20H20N6O5. The van der Waals surface area contributed by atoms with Gasteiger partial charge in [0, 0.05) is 24.2 Å². The van der Waals surface area contributed by atoms with E-state index in [1.54, 1.807) is 31.2 Å². The summed E-state index contributed by atoms with van der Waals surface area (Å²) < 4.78 is 1.37. The average Bonchev–Trinajstić information content (AvgIpc) is 2.77. The molecule has 160 valence electrons. The van der Waals surface area contributed by atoms with Crippen molar-refractivity contribution in [2.45, 2.75) is 26.4 Å². The van der Waals surface area contributed by atoms with Crippen molar-refractivity contribution >= 4 is 34.4 Å². The fourth-order valence-electron chi connectivity index (χ4n) is 2.89. The van der Waals surface area contributed by atoms with Crippen molar-refractivity contribution in [3.63, 3.8) is 0 Å². The van der Waals surface area contributed by atoms with E-state index in [1.807, 2.05) is 0 Å². The minimum absolute atomic E-state index is 0.0535. The molecule has 11 nitrogen and oxygen atoms in total. The van der Waals surface area contributed by atoms with E-state index in [0.29, 0.717) is 17.4 Å². The fourth-order valence-corrected chi connectivity index (χ4v) is 2.89. The zero-order chi connectivity index (χ0) is 22.5. The zero-order valence-electron chi connectivity index (χ0n) is 16.8. The van der Waals surface area contributed by atoms with Gasteiger partial charge in [0.2, 0.25) is 5.95 Å². The molecule has 1 aromatic heterocycles. The van der Waals surface area contributed by atoms with Crippen LogP contribution < -0.4 is 21.7 Å². The smallest absolute Gasteiger partial charge is 0.270 e. The Morgan fingerprint density at radius 1 is 1.19 bits per heavy atom. The van der Waals surface area contributed by atoms with Crippen LogP contribution in [-0.4, -0.2) is 32.3 Å². The summed E-state index contributed by atoms with van der Waals surface area (Å²) in [5, 5.41) is 13.8. The first kappa shape index (κ1) is 21.4. The number of carbonyl (C=O) groups is 2. The van der Waals surface area contributed by atoms with E-state index in [-0.39, 0.29) is 22.8 Å². The maximum absolute atomic E-state index is 12.6. The van der Waals surface area contributed by atoms with Gasteiger partial charge < -0.3 is 5.32 Å². The van der Waals surface area contributed by atoms with Gasteiger partial charge in [0.05, 0.1) is 15.8 Å². The molecule has 1 atom stereocenters. The van der Waals surface area contributed by atoms with Crippen molar-refractivity contribution in [3.05, 3.63) is 74.6 Å². The molecule has 2 amide bonds. The number of rotatable bonds is 7. The predicted octanol–water partition coefficient (Wildman–Crippen LogP) is 1.59. The molecule has 0 saturated carbocycles. The number of amides is 2. The second kappa shape index (κ2) is 9.03. The number of hydrazine groups is 1. The first-order chi connectivity index (χ1) is 14.8. The van der Waals surface area contributed by atoms with Crippen LogP contribution in [0.15, 0.2) is 53.3 Å². The Balaban J connectivity index is 1.69. The average molecular weight is 424 g/mol. The number of aromatic nitrogens is 2. The molecule has 0 saturated heterocycles.